The Morgan fingerprint density at radius 3 is 2.05 bits per heavy atom. The summed E-state index contributed by atoms with van der Waals surface area (Å²) < 4.78 is 0. The van der Waals surface area contributed by atoms with E-state index >= 15 is 0 Å². The number of nitrogens with two attached hydrogens (primary N) is 1. The highest BCUT2D eigenvalue weighted by atomic mass is 15.0. The Balaban J connectivity index is 2.25. The number of benzene rings is 1. The van der Waals surface area contributed by atoms with E-state index in [4.69, 9.17) is 5.73 Å². The third-order valence-corrected chi connectivity index (χ3v) is 3.59. The SMILES string of the molecule is CCC(c1ccc(-c2cnc(N)nc2)cc1)C(C)C. The topological polar surface area (TPSA) is 51.8 Å². The lowest BCUT2D eigenvalue weighted by atomic mass is 9.86. The zero-order valence-electron chi connectivity index (χ0n) is 11.8. The maximum Gasteiger partial charge on any atom is 0.219 e. The molecule has 0 spiro atoms. The molecule has 2 N–H and O–H groups in total. The van der Waals surface area contributed by atoms with Gasteiger partial charge in [0.2, 0.25) is 5.95 Å². The number of hydrogen-bond donors (Lipinski definition) is 1. The van der Waals surface area contributed by atoms with Crippen LogP contribution in [0.5, 0.6) is 0 Å². The van der Waals surface area contributed by atoms with Crippen molar-refractivity contribution in [2.45, 2.75) is 33.1 Å². The molecule has 0 amide bonds. The summed E-state index contributed by atoms with van der Waals surface area (Å²) in [6.45, 7) is 6.79. The van der Waals surface area contributed by atoms with Gasteiger partial charge in [0.1, 0.15) is 0 Å². The maximum absolute atomic E-state index is 5.50. The van der Waals surface area contributed by atoms with Gasteiger partial charge in [-0.1, -0.05) is 45.0 Å². The highest BCUT2D eigenvalue weighted by Gasteiger charge is 2.13. The molecule has 0 fully saturated rings. The van der Waals surface area contributed by atoms with Crippen LogP contribution in [0.3, 0.4) is 0 Å². The largest absolute Gasteiger partial charge is 0.368 e. The average Bonchev–Trinajstić information content (AvgIpc) is 2.41. The first-order valence-corrected chi connectivity index (χ1v) is 6.79. The minimum Gasteiger partial charge on any atom is -0.368 e. The van der Waals surface area contributed by atoms with E-state index in [1.54, 1.807) is 12.4 Å². The van der Waals surface area contributed by atoms with Gasteiger partial charge in [0.15, 0.2) is 0 Å². The van der Waals surface area contributed by atoms with Gasteiger partial charge in [-0.25, -0.2) is 9.97 Å². The Kier molecular flexibility index (Phi) is 4.15. The van der Waals surface area contributed by atoms with E-state index in [2.05, 4.69) is 55.0 Å². The van der Waals surface area contributed by atoms with Crippen molar-refractivity contribution < 1.29 is 0 Å². The summed E-state index contributed by atoms with van der Waals surface area (Å²) in [7, 11) is 0. The van der Waals surface area contributed by atoms with E-state index in [9.17, 15) is 0 Å². The summed E-state index contributed by atoms with van der Waals surface area (Å²) in [6, 6.07) is 8.68. The van der Waals surface area contributed by atoms with Crippen LogP contribution in [0.2, 0.25) is 0 Å². The van der Waals surface area contributed by atoms with Crippen molar-refractivity contribution in [1.29, 1.82) is 0 Å². The molecule has 0 aliphatic rings. The molecular weight excluding hydrogens is 234 g/mol. The van der Waals surface area contributed by atoms with Gasteiger partial charge in [0, 0.05) is 18.0 Å². The molecule has 100 valence electrons. The molecule has 19 heavy (non-hydrogen) atoms. The molecule has 0 aliphatic heterocycles. The molecule has 2 rings (SSSR count). The second-order valence-corrected chi connectivity index (χ2v) is 5.21. The van der Waals surface area contributed by atoms with E-state index in [0.717, 1.165) is 11.1 Å². The predicted molar refractivity (Wildman–Crippen MR) is 79.8 cm³/mol. The van der Waals surface area contributed by atoms with E-state index in [-0.39, 0.29) is 0 Å². The number of anilines is 1. The van der Waals surface area contributed by atoms with E-state index in [0.29, 0.717) is 17.8 Å². The first-order valence-electron chi connectivity index (χ1n) is 6.79. The molecule has 3 heteroatoms. The fourth-order valence-corrected chi connectivity index (χ4v) is 2.50. The monoisotopic (exact) mass is 255 g/mol. The van der Waals surface area contributed by atoms with Crippen molar-refractivity contribution in [2.24, 2.45) is 5.92 Å². The highest BCUT2D eigenvalue weighted by molar-refractivity contribution is 5.62. The van der Waals surface area contributed by atoms with Gasteiger partial charge in [-0.05, 0) is 29.4 Å². The molecule has 1 aromatic heterocycles. The minimum atomic E-state index is 0.311. The van der Waals surface area contributed by atoms with Gasteiger partial charge in [-0.2, -0.15) is 0 Å². The minimum absolute atomic E-state index is 0.311. The van der Waals surface area contributed by atoms with E-state index < -0.39 is 0 Å². The molecule has 1 atom stereocenters. The molecule has 0 aliphatic carbocycles. The summed E-state index contributed by atoms with van der Waals surface area (Å²) in [5.74, 6) is 1.60. The molecule has 1 aromatic carbocycles. The van der Waals surface area contributed by atoms with Crippen molar-refractivity contribution >= 4 is 5.95 Å². The van der Waals surface area contributed by atoms with E-state index in [1.807, 2.05) is 0 Å². The lowest BCUT2D eigenvalue weighted by Crippen LogP contribution is -2.05. The predicted octanol–water partition coefficient (Wildman–Crippen LogP) is 3.88. The van der Waals surface area contributed by atoms with Crippen molar-refractivity contribution in [1.82, 2.24) is 9.97 Å². The lowest BCUT2D eigenvalue weighted by molar-refractivity contribution is 0.485. The van der Waals surface area contributed by atoms with Crippen LogP contribution in [-0.2, 0) is 0 Å². The lowest BCUT2D eigenvalue weighted by Gasteiger charge is -2.19. The Bertz CT molecular complexity index is 515. The molecule has 0 saturated carbocycles. The Hall–Kier alpha value is -1.90. The highest BCUT2D eigenvalue weighted by Crippen LogP contribution is 2.29. The van der Waals surface area contributed by atoms with Crippen molar-refractivity contribution in [3.8, 4) is 11.1 Å². The summed E-state index contributed by atoms with van der Waals surface area (Å²) in [4.78, 5) is 8.05. The van der Waals surface area contributed by atoms with Crippen molar-refractivity contribution in [3.05, 3.63) is 42.2 Å². The number of nitrogen functional groups attached to an aromatic ring is 1. The van der Waals surface area contributed by atoms with Gasteiger partial charge < -0.3 is 5.73 Å². The molecule has 0 radical (unpaired) electrons. The maximum atomic E-state index is 5.50. The number of hydrogen-bond acceptors (Lipinski definition) is 3. The van der Waals surface area contributed by atoms with Gasteiger partial charge in [0.05, 0.1) is 0 Å². The molecular formula is C16H21N3. The fraction of sp³-hybridized carbons (Fsp3) is 0.375. The summed E-state index contributed by atoms with van der Waals surface area (Å²) in [5.41, 5.74) is 9.02. The van der Waals surface area contributed by atoms with Gasteiger partial charge in [-0.3, -0.25) is 0 Å². The molecule has 0 bridgehead atoms. The second-order valence-electron chi connectivity index (χ2n) is 5.21. The third kappa shape index (κ3) is 3.11. The molecule has 1 unspecified atom stereocenters. The van der Waals surface area contributed by atoms with Crippen molar-refractivity contribution in [2.75, 3.05) is 5.73 Å². The zero-order valence-corrected chi connectivity index (χ0v) is 11.8. The van der Waals surface area contributed by atoms with Crippen LogP contribution in [0.25, 0.3) is 11.1 Å². The Labute approximate surface area is 114 Å². The number of rotatable bonds is 4. The Morgan fingerprint density at radius 2 is 1.58 bits per heavy atom. The second kappa shape index (κ2) is 5.83. The van der Waals surface area contributed by atoms with Gasteiger partial charge in [-0.15, -0.1) is 0 Å². The van der Waals surface area contributed by atoms with Crippen LogP contribution in [0.1, 0.15) is 38.7 Å². The normalized spacial score (nSPS) is 12.6. The van der Waals surface area contributed by atoms with Gasteiger partial charge in [0.25, 0.3) is 0 Å². The molecule has 1 heterocycles. The molecule has 3 nitrogen and oxygen atoms in total. The van der Waals surface area contributed by atoms with Gasteiger partial charge >= 0.3 is 0 Å². The van der Waals surface area contributed by atoms with Crippen LogP contribution >= 0.6 is 0 Å². The third-order valence-electron chi connectivity index (χ3n) is 3.59. The summed E-state index contributed by atoms with van der Waals surface area (Å²) >= 11 is 0. The van der Waals surface area contributed by atoms with Crippen LogP contribution in [-0.4, -0.2) is 9.97 Å². The quantitative estimate of drug-likeness (QED) is 0.902. The number of aromatic nitrogens is 2. The number of nitrogens with zero attached hydrogens (tertiary/aromatic N) is 2. The molecule has 2 aromatic rings. The smallest absolute Gasteiger partial charge is 0.219 e. The van der Waals surface area contributed by atoms with Crippen LogP contribution in [0.4, 0.5) is 5.95 Å². The van der Waals surface area contributed by atoms with Crippen LogP contribution in [0.15, 0.2) is 36.7 Å². The summed E-state index contributed by atoms with van der Waals surface area (Å²) in [6.07, 6.45) is 4.69. The Morgan fingerprint density at radius 1 is 1.00 bits per heavy atom. The van der Waals surface area contributed by atoms with Crippen molar-refractivity contribution in [3.63, 3.8) is 0 Å². The summed E-state index contributed by atoms with van der Waals surface area (Å²) in [5, 5.41) is 0. The fourth-order valence-electron chi connectivity index (χ4n) is 2.50. The van der Waals surface area contributed by atoms with E-state index in [1.165, 1.54) is 12.0 Å². The first-order chi connectivity index (χ1) is 9.11. The van der Waals surface area contributed by atoms with Crippen LogP contribution in [0, 0.1) is 5.92 Å². The molecule has 0 saturated heterocycles. The van der Waals surface area contributed by atoms with Crippen LogP contribution < -0.4 is 5.73 Å². The first kappa shape index (κ1) is 13.5. The average molecular weight is 255 g/mol. The standard InChI is InChI=1S/C16H21N3/c1-4-15(11(2)3)13-7-5-12(6-8-13)14-9-18-16(17)19-10-14/h5-11,15H,4H2,1-3H3,(H2,17,18,19). The zero-order chi connectivity index (χ0) is 13.8.